The third-order valence-corrected chi connectivity index (χ3v) is 16.1. The highest BCUT2D eigenvalue weighted by Gasteiger charge is 2.66. The highest BCUT2D eigenvalue weighted by Crippen LogP contribution is 2.66. The minimum absolute atomic E-state index is 0. The van der Waals surface area contributed by atoms with E-state index in [4.69, 9.17) is 4.74 Å². The molecule has 4 unspecified atom stereocenters. The van der Waals surface area contributed by atoms with E-state index < -0.39 is 31.9 Å². The molecule has 288 valence electrons. The number of carbonyl (C=O) groups excluding carboxylic acids is 3. The largest absolute Gasteiger partial charge is 0.497 e. The van der Waals surface area contributed by atoms with Gasteiger partial charge in [-0.25, -0.2) is 13.1 Å². The smallest absolute Gasteiger partial charge is 0.264 e. The van der Waals surface area contributed by atoms with Crippen LogP contribution in [0.4, 0.5) is 0 Å². The minimum atomic E-state index is -4.34. The molecule has 2 amide bonds. The van der Waals surface area contributed by atoms with Gasteiger partial charge in [-0.2, -0.15) is 0 Å². The summed E-state index contributed by atoms with van der Waals surface area (Å²) >= 11 is 0. The molecule has 0 radical (unpaired) electrons. The molecule has 10 nitrogen and oxygen atoms in total. The highest BCUT2D eigenvalue weighted by molar-refractivity contribution is 7.92. The van der Waals surface area contributed by atoms with Gasteiger partial charge in [-0.05, 0) is 99.4 Å². The number of likely N-dealkylation sites (tertiary alicyclic amines) is 1. The van der Waals surface area contributed by atoms with E-state index in [-0.39, 0.29) is 43.7 Å². The number of amides is 2. The van der Waals surface area contributed by atoms with Gasteiger partial charge in [-0.15, -0.1) is 0 Å². The molecule has 4 atom stereocenters. The SMILES string of the molecule is COc1ccc2c(c1)C1CC1(C(=O)N1C3CCC1CN(C)C3)Cn1c-2c(C2CCCCC2)c2ccc(C(=O)NS(=O)(=O)C3(C(=O)c4ccccc4)CC3)cc21.[HH]. The molecule has 0 spiro atoms. The summed E-state index contributed by atoms with van der Waals surface area (Å²) in [4.78, 5) is 47.2. The number of sulfonamides is 1. The molecule has 10 rings (SSSR count). The Bertz CT molecular complexity index is 2370. The first-order chi connectivity index (χ1) is 26.5. The van der Waals surface area contributed by atoms with Gasteiger partial charge < -0.3 is 19.1 Å². The van der Waals surface area contributed by atoms with Crippen LogP contribution < -0.4 is 9.46 Å². The molecule has 55 heavy (non-hydrogen) atoms. The predicted molar refractivity (Wildman–Crippen MR) is 212 cm³/mol. The van der Waals surface area contributed by atoms with E-state index in [1.807, 2.05) is 18.2 Å². The molecule has 4 heterocycles. The molecule has 3 aliphatic heterocycles. The fourth-order valence-corrected chi connectivity index (χ4v) is 12.5. The number of methoxy groups -OCH3 is 1. The number of aromatic nitrogens is 1. The van der Waals surface area contributed by atoms with Gasteiger partial charge in [-0.3, -0.25) is 14.4 Å². The van der Waals surface area contributed by atoms with Crippen LogP contribution in [0.15, 0.2) is 66.7 Å². The normalized spacial score (nSPS) is 26.7. The Morgan fingerprint density at radius 1 is 0.873 bits per heavy atom. The number of benzene rings is 3. The van der Waals surface area contributed by atoms with E-state index in [1.54, 1.807) is 43.5 Å². The molecule has 3 aromatic carbocycles. The van der Waals surface area contributed by atoms with Crippen LogP contribution in [0.25, 0.3) is 22.2 Å². The Hall–Kier alpha value is -4.48. The fourth-order valence-electron chi connectivity index (χ4n) is 11.0. The van der Waals surface area contributed by atoms with Gasteiger partial charge in [0.1, 0.15) is 5.75 Å². The van der Waals surface area contributed by atoms with Crippen molar-refractivity contribution in [3.8, 4) is 17.0 Å². The van der Waals surface area contributed by atoms with Crippen LogP contribution in [0.5, 0.6) is 5.75 Å². The minimum Gasteiger partial charge on any atom is -0.497 e. The molecule has 3 saturated carbocycles. The first-order valence-electron chi connectivity index (χ1n) is 20.1. The Kier molecular flexibility index (Phi) is 7.96. The predicted octanol–water partition coefficient (Wildman–Crippen LogP) is 6.88. The number of hydrogen-bond acceptors (Lipinski definition) is 7. The van der Waals surface area contributed by atoms with Crippen molar-refractivity contribution in [2.45, 2.75) is 99.4 Å². The number of rotatable bonds is 8. The van der Waals surface area contributed by atoms with E-state index >= 15 is 4.79 Å². The zero-order valence-electron chi connectivity index (χ0n) is 31.6. The molecule has 5 fully saturated rings. The number of likely N-dealkylation sites (N-methyl/N-ethyl adjacent to an activating group) is 1. The van der Waals surface area contributed by atoms with Crippen LogP contribution >= 0.6 is 0 Å². The van der Waals surface area contributed by atoms with Crippen LogP contribution in [0.2, 0.25) is 0 Å². The van der Waals surface area contributed by atoms with E-state index in [1.165, 1.54) is 12.0 Å². The average molecular weight is 763 g/mol. The van der Waals surface area contributed by atoms with E-state index in [0.29, 0.717) is 18.0 Å². The summed E-state index contributed by atoms with van der Waals surface area (Å²) in [5.41, 5.74) is 5.34. The number of piperazine rings is 1. The molecule has 11 heteroatoms. The zero-order valence-corrected chi connectivity index (χ0v) is 32.4. The zero-order chi connectivity index (χ0) is 37.9. The lowest BCUT2D eigenvalue weighted by atomic mass is 9.81. The molecule has 1 N–H and O–H groups in total. The first-order valence-corrected chi connectivity index (χ1v) is 21.6. The third kappa shape index (κ3) is 5.28. The summed E-state index contributed by atoms with van der Waals surface area (Å²) in [6, 6.07) is 20.6. The van der Waals surface area contributed by atoms with Gasteiger partial charge in [-0.1, -0.05) is 55.7 Å². The number of fused-ring (bicyclic) bond motifs is 9. The second-order valence-electron chi connectivity index (χ2n) is 17.2. The molecule has 2 saturated heterocycles. The molecule has 6 aliphatic rings. The second-order valence-corrected chi connectivity index (χ2v) is 19.2. The van der Waals surface area contributed by atoms with Crippen molar-refractivity contribution in [2.75, 3.05) is 27.2 Å². The number of carbonyl (C=O) groups is 3. The van der Waals surface area contributed by atoms with Crippen molar-refractivity contribution in [3.63, 3.8) is 0 Å². The Labute approximate surface area is 323 Å². The fraction of sp³-hybridized carbons (Fsp3) is 0.477. The summed E-state index contributed by atoms with van der Waals surface area (Å²) in [6.45, 7) is 2.25. The summed E-state index contributed by atoms with van der Waals surface area (Å²) < 4.78 is 36.4. The van der Waals surface area contributed by atoms with Gasteiger partial charge in [0.05, 0.1) is 18.2 Å². The van der Waals surface area contributed by atoms with Crippen molar-refractivity contribution >= 4 is 38.5 Å². The van der Waals surface area contributed by atoms with Gasteiger partial charge >= 0.3 is 0 Å². The summed E-state index contributed by atoms with van der Waals surface area (Å²) in [5, 5.41) is 1.04. The molecular formula is C44H50N4O6S. The molecule has 3 aliphatic carbocycles. The number of hydrogen-bond donors (Lipinski definition) is 1. The maximum absolute atomic E-state index is 15.1. The molecule has 4 aromatic rings. The maximum Gasteiger partial charge on any atom is 0.264 e. The lowest BCUT2D eigenvalue weighted by Gasteiger charge is -2.41. The lowest BCUT2D eigenvalue weighted by molar-refractivity contribution is -0.143. The number of nitrogens with zero attached hydrogens (tertiary/aromatic N) is 3. The number of ether oxygens (including phenoxy) is 1. The second kappa shape index (κ2) is 12.5. The molecule has 2 bridgehead atoms. The first kappa shape index (κ1) is 35.0. The Morgan fingerprint density at radius 2 is 1.60 bits per heavy atom. The van der Waals surface area contributed by atoms with Gasteiger partial charge in [0.15, 0.2) is 10.5 Å². The monoisotopic (exact) mass is 762 g/mol. The van der Waals surface area contributed by atoms with Gasteiger partial charge in [0, 0.05) is 66.7 Å². The van der Waals surface area contributed by atoms with Crippen LogP contribution in [-0.2, 0) is 21.4 Å². The van der Waals surface area contributed by atoms with E-state index in [2.05, 4.69) is 38.3 Å². The quantitative estimate of drug-likeness (QED) is 0.195. The number of Topliss-reactive ketones (excluding diaryl/α,β-unsaturated/α-hetero) is 1. The van der Waals surface area contributed by atoms with Crippen molar-refractivity contribution in [3.05, 3.63) is 89.0 Å². The van der Waals surface area contributed by atoms with E-state index in [9.17, 15) is 18.0 Å². The standard InChI is InChI=1S/C44H48N4O6S.H2/c1-46-24-30-14-15-31(25-46)48(30)42(51)43-23-36(43)35-22-32(54-2)16-18-33(35)39-38(27-9-5-3-6-10-27)34-17-13-29(21-37(34)47(39)26-43)41(50)45-55(52,53)44(19-20-44)40(49)28-11-7-4-8-12-28;/h4,7-8,11-13,16-18,21-22,27,30-31,36H,3,5-6,9-10,14-15,19-20,23-26H2,1-2H3,(H,45,50);1H. The topological polar surface area (TPSA) is 118 Å². The van der Waals surface area contributed by atoms with Crippen LogP contribution in [-0.4, -0.2) is 84.5 Å². The van der Waals surface area contributed by atoms with Crippen molar-refractivity contribution < 1.29 is 29.0 Å². The number of ketones is 1. The van der Waals surface area contributed by atoms with E-state index in [0.717, 1.165) is 91.5 Å². The van der Waals surface area contributed by atoms with Crippen molar-refractivity contribution in [1.29, 1.82) is 0 Å². The number of nitrogens with one attached hydrogen (secondary N) is 1. The highest BCUT2D eigenvalue weighted by atomic mass is 32.2. The Morgan fingerprint density at radius 3 is 2.29 bits per heavy atom. The Balaban J connectivity index is 0.00000410. The van der Waals surface area contributed by atoms with Crippen molar-refractivity contribution in [1.82, 2.24) is 19.1 Å². The molecular weight excluding hydrogens is 713 g/mol. The summed E-state index contributed by atoms with van der Waals surface area (Å²) in [6.07, 6.45) is 8.73. The summed E-state index contributed by atoms with van der Waals surface area (Å²) in [5.74, 6) is 0.110. The third-order valence-electron chi connectivity index (χ3n) is 14.0. The van der Waals surface area contributed by atoms with Crippen LogP contribution in [0.1, 0.15) is 109 Å². The van der Waals surface area contributed by atoms with Gasteiger partial charge in [0.25, 0.3) is 5.91 Å². The maximum atomic E-state index is 15.1. The van der Waals surface area contributed by atoms with Gasteiger partial charge in [0.2, 0.25) is 15.9 Å². The lowest BCUT2D eigenvalue weighted by Crippen LogP contribution is -2.57. The molecule has 1 aromatic heterocycles. The summed E-state index contributed by atoms with van der Waals surface area (Å²) in [7, 11) is -0.510. The average Bonchev–Trinajstić information content (AvgIpc) is 4.11. The van der Waals surface area contributed by atoms with Crippen LogP contribution in [0, 0.1) is 5.41 Å². The van der Waals surface area contributed by atoms with Crippen molar-refractivity contribution in [2.24, 2.45) is 5.41 Å². The van der Waals surface area contributed by atoms with Crippen LogP contribution in [0.3, 0.4) is 0 Å².